The minimum absolute atomic E-state index is 0.129. The number of nitriles is 1. The molecule has 0 heterocycles. The zero-order valence-corrected chi connectivity index (χ0v) is 19.0. The monoisotopic (exact) mass is 472 g/mol. The van der Waals surface area contributed by atoms with Gasteiger partial charge >= 0.3 is 5.97 Å². The molecule has 0 aromatic heterocycles. The van der Waals surface area contributed by atoms with Crippen LogP contribution < -0.4 is 0 Å². The van der Waals surface area contributed by atoms with Crippen LogP contribution in [0.25, 0.3) is 0 Å². The molecule has 1 aromatic rings. The molecule has 0 spiro atoms. The van der Waals surface area contributed by atoms with Gasteiger partial charge in [-0.2, -0.15) is 9.57 Å². The zero-order valence-electron chi connectivity index (χ0n) is 16.6. The highest BCUT2D eigenvalue weighted by Gasteiger charge is 2.23. The lowest BCUT2D eigenvalue weighted by Gasteiger charge is -2.21. The van der Waals surface area contributed by atoms with Gasteiger partial charge in [0.1, 0.15) is 4.83 Å². The maximum absolute atomic E-state index is 12.7. The number of ether oxygens (including phenoxy) is 1. The molecule has 0 N–H and O–H groups in total. The smallest absolute Gasteiger partial charge is 0.338 e. The van der Waals surface area contributed by atoms with Crippen LogP contribution in [-0.2, 0) is 14.8 Å². The molecule has 0 saturated carbocycles. The molecule has 8 heteroatoms. The van der Waals surface area contributed by atoms with Crippen molar-refractivity contribution in [1.82, 2.24) is 4.31 Å². The summed E-state index contributed by atoms with van der Waals surface area (Å²) in [6.07, 6.45) is 4.76. The van der Waals surface area contributed by atoms with Crippen LogP contribution in [-0.4, -0.2) is 43.2 Å². The number of carbonyl (C=O) groups is 1. The number of benzene rings is 1. The Bertz CT molecular complexity index is 738. The summed E-state index contributed by atoms with van der Waals surface area (Å²) in [4.78, 5) is 12.2. The van der Waals surface area contributed by atoms with E-state index in [1.165, 1.54) is 28.6 Å². The molecule has 0 saturated heterocycles. The summed E-state index contributed by atoms with van der Waals surface area (Å²) < 4.78 is 32.2. The first kappa shape index (κ1) is 24.6. The number of unbranched alkanes of at least 4 members (excludes halogenated alkanes) is 2. The lowest BCUT2D eigenvalue weighted by atomic mass is 10.1. The van der Waals surface area contributed by atoms with Crippen molar-refractivity contribution in [3.8, 4) is 6.07 Å². The average Bonchev–Trinajstić information content (AvgIpc) is 2.70. The summed E-state index contributed by atoms with van der Waals surface area (Å²) in [5, 5.41) is 8.68. The van der Waals surface area contributed by atoms with Crippen molar-refractivity contribution in [2.24, 2.45) is 0 Å². The summed E-state index contributed by atoms with van der Waals surface area (Å²) in [6, 6.07) is 8.03. The molecule has 0 aliphatic rings. The van der Waals surface area contributed by atoms with E-state index in [0.717, 1.165) is 38.5 Å². The minimum Gasteiger partial charge on any atom is -0.462 e. The van der Waals surface area contributed by atoms with Crippen molar-refractivity contribution in [3.05, 3.63) is 29.8 Å². The molecule has 28 heavy (non-hydrogen) atoms. The Morgan fingerprint density at radius 3 is 2.29 bits per heavy atom. The maximum atomic E-state index is 12.7. The highest BCUT2D eigenvalue weighted by atomic mass is 79.9. The Kier molecular flexibility index (Phi) is 11.4. The van der Waals surface area contributed by atoms with E-state index >= 15 is 0 Å². The number of halogens is 1. The zero-order chi connectivity index (χ0) is 21.0. The van der Waals surface area contributed by atoms with Crippen molar-refractivity contribution in [2.75, 3.05) is 19.7 Å². The largest absolute Gasteiger partial charge is 0.462 e. The number of rotatable bonds is 13. The van der Waals surface area contributed by atoms with Crippen LogP contribution in [0.4, 0.5) is 0 Å². The standard InChI is InChI=1S/C20H29BrN2O4S/c1-3-13-23(14-4-2)28(25,26)19-11-9-17(10-12-19)20(24)27-15-7-5-6-8-18(21)16-22/h9-12,18H,3-8,13-15H2,1-2H3. The van der Waals surface area contributed by atoms with Crippen LogP contribution in [0.5, 0.6) is 0 Å². The van der Waals surface area contributed by atoms with Gasteiger partial charge in [0, 0.05) is 13.1 Å². The third-order valence-electron chi connectivity index (χ3n) is 4.15. The fourth-order valence-electron chi connectivity index (χ4n) is 2.68. The summed E-state index contributed by atoms with van der Waals surface area (Å²) in [5.74, 6) is -0.460. The predicted octanol–water partition coefficient (Wildman–Crippen LogP) is 4.50. The molecule has 1 rings (SSSR count). The highest BCUT2D eigenvalue weighted by molar-refractivity contribution is 9.09. The molecule has 1 aromatic carbocycles. The van der Waals surface area contributed by atoms with Gasteiger partial charge in [0.25, 0.3) is 0 Å². The van der Waals surface area contributed by atoms with E-state index in [4.69, 9.17) is 10.00 Å². The van der Waals surface area contributed by atoms with Crippen LogP contribution in [0.2, 0.25) is 0 Å². The van der Waals surface area contributed by atoms with Gasteiger partial charge in [0.2, 0.25) is 10.0 Å². The average molecular weight is 473 g/mol. The van der Waals surface area contributed by atoms with Gasteiger partial charge in [-0.05, 0) is 56.4 Å². The number of sulfonamides is 1. The molecular formula is C20H29BrN2O4S. The highest BCUT2D eigenvalue weighted by Crippen LogP contribution is 2.18. The number of esters is 1. The van der Waals surface area contributed by atoms with Crippen LogP contribution in [0.1, 0.15) is 62.7 Å². The number of hydrogen-bond acceptors (Lipinski definition) is 5. The molecule has 0 radical (unpaired) electrons. The van der Waals surface area contributed by atoms with E-state index in [0.29, 0.717) is 25.3 Å². The quantitative estimate of drug-likeness (QED) is 0.239. The van der Waals surface area contributed by atoms with Crippen LogP contribution >= 0.6 is 15.9 Å². The van der Waals surface area contributed by atoms with Gasteiger partial charge in [-0.25, -0.2) is 13.2 Å². The predicted molar refractivity (Wildman–Crippen MR) is 113 cm³/mol. The van der Waals surface area contributed by atoms with Crippen molar-refractivity contribution in [2.45, 2.75) is 62.1 Å². The van der Waals surface area contributed by atoms with Gasteiger partial charge in [-0.15, -0.1) is 0 Å². The molecule has 156 valence electrons. The Balaban J connectivity index is 2.57. The maximum Gasteiger partial charge on any atom is 0.338 e. The summed E-state index contributed by atoms with van der Waals surface area (Å²) in [5.41, 5.74) is 0.335. The van der Waals surface area contributed by atoms with Crippen molar-refractivity contribution < 1.29 is 17.9 Å². The third-order valence-corrected chi connectivity index (χ3v) is 6.72. The van der Waals surface area contributed by atoms with Gasteiger partial charge in [0.05, 0.1) is 23.1 Å². The van der Waals surface area contributed by atoms with Gasteiger partial charge < -0.3 is 4.74 Å². The Hall–Kier alpha value is -1.43. The minimum atomic E-state index is -3.55. The second kappa shape index (κ2) is 12.9. The summed E-state index contributed by atoms with van der Waals surface area (Å²) in [6.45, 7) is 5.14. The first-order valence-electron chi connectivity index (χ1n) is 9.67. The summed E-state index contributed by atoms with van der Waals surface area (Å²) in [7, 11) is -3.55. The SMILES string of the molecule is CCCN(CCC)S(=O)(=O)c1ccc(C(=O)OCCCCCC(Br)C#N)cc1. The third kappa shape index (κ3) is 7.90. The van der Waals surface area contributed by atoms with Crippen LogP contribution in [0.15, 0.2) is 29.2 Å². The van der Waals surface area contributed by atoms with E-state index < -0.39 is 16.0 Å². The van der Waals surface area contributed by atoms with Crippen LogP contribution in [0.3, 0.4) is 0 Å². The summed E-state index contributed by atoms with van der Waals surface area (Å²) >= 11 is 3.25. The Labute approximate surface area is 177 Å². The molecule has 0 aliphatic heterocycles. The molecule has 6 nitrogen and oxygen atoms in total. The molecule has 1 unspecified atom stereocenters. The van der Waals surface area contributed by atoms with Gasteiger partial charge in [0.15, 0.2) is 0 Å². The van der Waals surface area contributed by atoms with Crippen molar-refractivity contribution in [3.63, 3.8) is 0 Å². The van der Waals surface area contributed by atoms with E-state index in [1.807, 2.05) is 13.8 Å². The molecule has 0 amide bonds. The van der Waals surface area contributed by atoms with Crippen molar-refractivity contribution in [1.29, 1.82) is 5.26 Å². The Morgan fingerprint density at radius 2 is 1.75 bits per heavy atom. The molecule has 0 fully saturated rings. The van der Waals surface area contributed by atoms with E-state index in [9.17, 15) is 13.2 Å². The number of nitrogens with zero attached hydrogens (tertiary/aromatic N) is 2. The number of carbonyl (C=O) groups excluding carboxylic acids is 1. The molecule has 0 bridgehead atoms. The molecule has 0 aliphatic carbocycles. The topological polar surface area (TPSA) is 87.5 Å². The van der Waals surface area contributed by atoms with E-state index in [2.05, 4.69) is 22.0 Å². The van der Waals surface area contributed by atoms with Gasteiger partial charge in [-0.1, -0.05) is 36.2 Å². The fraction of sp³-hybridized carbons (Fsp3) is 0.600. The first-order chi connectivity index (χ1) is 13.4. The van der Waals surface area contributed by atoms with Crippen LogP contribution in [0, 0.1) is 11.3 Å². The Morgan fingerprint density at radius 1 is 1.14 bits per heavy atom. The lowest BCUT2D eigenvalue weighted by molar-refractivity contribution is 0.0497. The normalized spacial score (nSPS) is 12.5. The molecule has 1 atom stereocenters. The fourth-order valence-corrected chi connectivity index (χ4v) is 4.63. The lowest BCUT2D eigenvalue weighted by Crippen LogP contribution is -2.32. The number of alkyl halides is 1. The second-order valence-corrected chi connectivity index (χ2v) is 9.55. The molecular weight excluding hydrogens is 444 g/mol. The van der Waals surface area contributed by atoms with Gasteiger partial charge in [-0.3, -0.25) is 0 Å². The van der Waals surface area contributed by atoms with E-state index in [-0.39, 0.29) is 9.72 Å². The van der Waals surface area contributed by atoms with Crippen molar-refractivity contribution >= 4 is 31.9 Å². The van der Waals surface area contributed by atoms with E-state index in [1.54, 1.807) is 0 Å². The first-order valence-corrected chi connectivity index (χ1v) is 12.0. The second-order valence-electron chi connectivity index (χ2n) is 6.51. The number of hydrogen-bond donors (Lipinski definition) is 0.